The maximum atomic E-state index is 13.0. The number of fused-ring (bicyclic) bond motifs is 1. The number of hydrogen-bond acceptors (Lipinski definition) is 5. The summed E-state index contributed by atoms with van der Waals surface area (Å²) < 4.78 is 13.5. The number of pyridine rings is 1. The van der Waals surface area contributed by atoms with E-state index in [0.717, 1.165) is 11.3 Å². The van der Waals surface area contributed by atoms with Crippen LogP contribution in [-0.2, 0) is 24.4 Å². The standard InChI is InChI=1S/C21H20N4O4/c1-28-16-6-2-5-15(11-16)12-23-19(26)14-24-18-8-3-9-22-20(18)25(21(24)27)13-17-7-4-10-29-17/h2-11H,12-14H2,1H3,(H,23,26). The van der Waals surface area contributed by atoms with Crippen molar-refractivity contribution in [3.05, 3.63) is 82.8 Å². The molecule has 0 atom stereocenters. The van der Waals surface area contributed by atoms with Gasteiger partial charge in [0.1, 0.15) is 18.1 Å². The van der Waals surface area contributed by atoms with Crippen LogP contribution in [0.5, 0.6) is 5.75 Å². The third kappa shape index (κ3) is 3.91. The van der Waals surface area contributed by atoms with Gasteiger partial charge in [-0.2, -0.15) is 0 Å². The topological polar surface area (TPSA) is 91.3 Å². The second-order valence-corrected chi connectivity index (χ2v) is 6.51. The van der Waals surface area contributed by atoms with Crippen LogP contribution in [0.1, 0.15) is 11.3 Å². The van der Waals surface area contributed by atoms with Crippen LogP contribution in [0.15, 0.2) is 70.2 Å². The average molecular weight is 392 g/mol. The highest BCUT2D eigenvalue weighted by molar-refractivity contribution is 5.79. The Morgan fingerprint density at radius 2 is 2.07 bits per heavy atom. The number of nitrogens with zero attached hydrogens (tertiary/aromatic N) is 3. The molecule has 3 heterocycles. The van der Waals surface area contributed by atoms with Crippen LogP contribution in [-0.4, -0.2) is 27.1 Å². The van der Waals surface area contributed by atoms with E-state index in [9.17, 15) is 9.59 Å². The van der Waals surface area contributed by atoms with Crippen molar-refractivity contribution in [2.75, 3.05) is 7.11 Å². The smallest absolute Gasteiger partial charge is 0.331 e. The predicted octanol–water partition coefficient (Wildman–Crippen LogP) is 2.16. The molecule has 0 aliphatic rings. The van der Waals surface area contributed by atoms with E-state index in [4.69, 9.17) is 9.15 Å². The van der Waals surface area contributed by atoms with Crippen LogP contribution in [0.25, 0.3) is 11.2 Å². The fourth-order valence-corrected chi connectivity index (χ4v) is 3.18. The maximum absolute atomic E-state index is 13.0. The molecule has 4 aromatic rings. The van der Waals surface area contributed by atoms with Crippen molar-refractivity contribution < 1.29 is 13.9 Å². The Kier molecular flexibility index (Phi) is 5.15. The van der Waals surface area contributed by atoms with Crippen LogP contribution in [0.2, 0.25) is 0 Å². The lowest BCUT2D eigenvalue weighted by atomic mass is 10.2. The van der Waals surface area contributed by atoms with Crippen LogP contribution in [0.4, 0.5) is 0 Å². The van der Waals surface area contributed by atoms with Crippen LogP contribution in [0, 0.1) is 0 Å². The first-order valence-corrected chi connectivity index (χ1v) is 9.12. The molecule has 4 rings (SSSR count). The lowest BCUT2D eigenvalue weighted by Crippen LogP contribution is -2.33. The average Bonchev–Trinajstić information content (AvgIpc) is 3.35. The number of amides is 1. The third-order valence-corrected chi connectivity index (χ3v) is 4.59. The Morgan fingerprint density at radius 1 is 1.17 bits per heavy atom. The van der Waals surface area contributed by atoms with Gasteiger partial charge >= 0.3 is 5.69 Å². The molecular formula is C21H20N4O4. The van der Waals surface area contributed by atoms with Gasteiger partial charge in [0.25, 0.3) is 0 Å². The molecule has 0 radical (unpaired) electrons. The highest BCUT2D eigenvalue weighted by atomic mass is 16.5. The summed E-state index contributed by atoms with van der Waals surface area (Å²) in [5.74, 6) is 1.09. The van der Waals surface area contributed by atoms with Gasteiger partial charge < -0.3 is 14.5 Å². The number of carbonyl (C=O) groups is 1. The molecule has 29 heavy (non-hydrogen) atoms. The van der Waals surface area contributed by atoms with Crippen LogP contribution >= 0.6 is 0 Å². The Balaban J connectivity index is 1.55. The zero-order chi connectivity index (χ0) is 20.2. The van der Waals surface area contributed by atoms with E-state index < -0.39 is 0 Å². The molecule has 0 aliphatic heterocycles. The van der Waals surface area contributed by atoms with Gasteiger partial charge in [0.05, 0.1) is 25.4 Å². The number of carbonyl (C=O) groups excluding carboxylic acids is 1. The SMILES string of the molecule is COc1cccc(CNC(=O)Cn2c(=O)n(Cc3ccco3)c3ncccc32)c1. The van der Waals surface area contributed by atoms with Gasteiger partial charge in [0, 0.05) is 12.7 Å². The monoisotopic (exact) mass is 392 g/mol. The molecule has 0 unspecified atom stereocenters. The quantitative estimate of drug-likeness (QED) is 0.520. The van der Waals surface area contributed by atoms with Crippen molar-refractivity contribution in [3.63, 3.8) is 0 Å². The minimum atomic E-state index is -0.313. The van der Waals surface area contributed by atoms with Gasteiger partial charge in [-0.15, -0.1) is 0 Å². The Hall–Kier alpha value is -3.81. The second-order valence-electron chi connectivity index (χ2n) is 6.51. The van der Waals surface area contributed by atoms with Gasteiger partial charge in [-0.1, -0.05) is 12.1 Å². The van der Waals surface area contributed by atoms with Gasteiger partial charge in [0.15, 0.2) is 5.65 Å². The van der Waals surface area contributed by atoms with E-state index in [-0.39, 0.29) is 24.7 Å². The van der Waals surface area contributed by atoms with E-state index in [1.165, 1.54) is 9.13 Å². The lowest BCUT2D eigenvalue weighted by Gasteiger charge is -2.07. The van der Waals surface area contributed by atoms with Gasteiger partial charge in [-0.3, -0.25) is 13.9 Å². The molecule has 3 aromatic heterocycles. The first-order valence-electron chi connectivity index (χ1n) is 9.12. The molecule has 0 aliphatic carbocycles. The molecule has 1 amide bonds. The molecule has 8 heteroatoms. The summed E-state index contributed by atoms with van der Waals surface area (Å²) in [7, 11) is 1.59. The second kappa shape index (κ2) is 8.05. The minimum absolute atomic E-state index is 0.101. The normalized spacial score (nSPS) is 10.9. The van der Waals surface area contributed by atoms with Crippen molar-refractivity contribution in [3.8, 4) is 5.75 Å². The van der Waals surface area contributed by atoms with Gasteiger partial charge in [0.2, 0.25) is 5.91 Å². The van der Waals surface area contributed by atoms with Crippen molar-refractivity contribution in [1.82, 2.24) is 19.4 Å². The molecule has 1 N–H and O–H groups in total. The fraction of sp³-hybridized carbons (Fsp3) is 0.190. The molecule has 8 nitrogen and oxygen atoms in total. The van der Waals surface area contributed by atoms with Crippen LogP contribution in [0.3, 0.4) is 0 Å². The fourth-order valence-electron chi connectivity index (χ4n) is 3.18. The number of aromatic nitrogens is 3. The third-order valence-electron chi connectivity index (χ3n) is 4.59. The molecule has 0 fully saturated rings. The minimum Gasteiger partial charge on any atom is -0.497 e. The van der Waals surface area contributed by atoms with E-state index in [1.807, 2.05) is 24.3 Å². The summed E-state index contributed by atoms with van der Waals surface area (Å²) in [4.78, 5) is 29.8. The summed E-state index contributed by atoms with van der Waals surface area (Å²) in [5.41, 5.74) is 1.70. The zero-order valence-electron chi connectivity index (χ0n) is 15.9. The van der Waals surface area contributed by atoms with Gasteiger partial charge in [-0.05, 0) is 42.0 Å². The highest BCUT2D eigenvalue weighted by Gasteiger charge is 2.17. The zero-order valence-corrected chi connectivity index (χ0v) is 15.9. The summed E-state index contributed by atoms with van der Waals surface area (Å²) in [5, 5.41) is 2.84. The van der Waals surface area contributed by atoms with E-state index in [1.54, 1.807) is 43.8 Å². The molecule has 1 aromatic carbocycles. The van der Waals surface area contributed by atoms with E-state index in [0.29, 0.717) is 23.5 Å². The molecule has 0 spiro atoms. The van der Waals surface area contributed by atoms with E-state index >= 15 is 0 Å². The number of imidazole rings is 1. The molecular weight excluding hydrogens is 372 g/mol. The lowest BCUT2D eigenvalue weighted by molar-refractivity contribution is -0.121. The van der Waals surface area contributed by atoms with Crippen molar-refractivity contribution in [2.45, 2.75) is 19.6 Å². The molecule has 0 saturated carbocycles. The Labute approximate surface area is 166 Å². The number of nitrogens with one attached hydrogen (secondary N) is 1. The summed E-state index contributed by atoms with van der Waals surface area (Å²) in [6, 6.07) is 14.5. The van der Waals surface area contributed by atoms with Gasteiger partial charge in [-0.25, -0.2) is 9.78 Å². The van der Waals surface area contributed by atoms with Crippen molar-refractivity contribution in [2.24, 2.45) is 0 Å². The Bertz CT molecular complexity index is 1190. The number of hydrogen-bond donors (Lipinski definition) is 1. The first-order chi connectivity index (χ1) is 14.2. The molecule has 0 bridgehead atoms. The number of ether oxygens (including phenoxy) is 1. The Morgan fingerprint density at radius 3 is 2.86 bits per heavy atom. The summed E-state index contributed by atoms with van der Waals surface area (Å²) in [6.45, 7) is 0.488. The highest BCUT2D eigenvalue weighted by Crippen LogP contribution is 2.14. The number of rotatable bonds is 7. The number of furan rings is 1. The molecule has 0 saturated heterocycles. The number of benzene rings is 1. The van der Waals surface area contributed by atoms with E-state index in [2.05, 4.69) is 10.3 Å². The maximum Gasteiger partial charge on any atom is 0.331 e. The largest absolute Gasteiger partial charge is 0.497 e. The van der Waals surface area contributed by atoms with Crippen molar-refractivity contribution >= 4 is 17.1 Å². The number of methoxy groups -OCH3 is 1. The van der Waals surface area contributed by atoms with Crippen molar-refractivity contribution in [1.29, 1.82) is 0 Å². The summed E-state index contributed by atoms with van der Waals surface area (Å²) in [6.07, 6.45) is 3.17. The molecule has 148 valence electrons. The first kappa shape index (κ1) is 18.5. The summed E-state index contributed by atoms with van der Waals surface area (Å²) >= 11 is 0. The van der Waals surface area contributed by atoms with Crippen LogP contribution < -0.4 is 15.7 Å². The predicted molar refractivity (Wildman–Crippen MR) is 107 cm³/mol.